The van der Waals surface area contributed by atoms with Crippen molar-refractivity contribution in [1.82, 2.24) is 10.2 Å². The molecular formula is C23H48N2. The lowest BCUT2D eigenvalue weighted by Crippen LogP contribution is -2.52. The highest BCUT2D eigenvalue weighted by Gasteiger charge is 2.45. The van der Waals surface area contributed by atoms with E-state index in [-0.39, 0.29) is 0 Å². The molecule has 2 aliphatic carbocycles. The number of nitrogens with one attached hydrogen (secondary N) is 1. The SMILES string of the molecule is CC.CC1CCC2(C1)CN(C)C2.CCCC.C[C@@H]1CCC2(CNC2)C1. The molecule has 1 N–H and O–H groups in total. The molecule has 4 aliphatic rings. The largest absolute Gasteiger partial charge is 0.316 e. The minimum absolute atomic E-state index is 0.777. The third-order valence-electron chi connectivity index (χ3n) is 6.61. The molecule has 2 aliphatic heterocycles. The van der Waals surface area contributed by atoms with Gasteiger partial charge in [0.25, 0.3) is 0 Å². The van der Waals surface area contributed by atoms with E-state index in [1.807, 2.05) is 13.8 Å². The van der Waals surface area contributed by atoms with Crippen molar-refractivity contribution in [2.45, 2.75) is 92.9 Å². The molecule has 0 bridgehead atoms. The van der Waals surface area contributed by atoms with Gasteiger partial charge in [0, 0.05) is 26.2 Å². The predicted molar refractivity (Wildman–Crippen MR) is 113 cm³/mol. The Balaban J connectivity index is 0.000000193. The summed E-state index contributed by atoms with van der Waals surface area (Å²) < 4.78 is 0. The third kappa shape index (κ3) is 6.86. The fourth-order valence-corrected chi connectivity index (χ4v) is 5.18. The molecule has 2 atom stereocenters. The van der Waals surface area contributed by atoms with Crippen LogP contribution in [0, 0.1) is 22.7 Å². The molecular weight excluding hydrogens is 304 g/mol. The molecule has 2 saturated heterocycles. The standard InChI is InChI=1S/C9H17N.C8H15N.C4H10.C2H6/c1-8-3-4-9(5-8)6-10(2)7-9;1-7-2-3-8(4-7)5-9-6-8;1-3-4-2;1-2/h8H,3-7H2,1-2H3;7,9H,2-6H2,1H3;3-4H2,1-2H3;1-2H3/t;7-;;/m.1../s1. The van der Waals surface area contributed by atoms with Crippen molar-refractivity contribution in [1.29, 1.82) is 0 Å². The van der Waals surface area contributed by atoms with Crippen LogP contribution in [0.15, 0.2) is 0 Å². The number of nitrogens with zero attached hydrogens (tertiary/aromatic N) is 1. The number of hydrogen-bond acceptors (Lipinski definition) is 2. The molecule has 2 nitrogen and oxygen atoms in total. The van der Waals surface area contributed by atoms with Crippen LogP contribution in [0.5, 0.6) is 0 Å². The van der Waals surface area contributed by atoms with E-state index >= 15 is 0 Å². The van der Waals surface area contributed by atoms with E-state index in [9.17, 15) is 0 Å². The molecule has 0 aromatic rings. The smallest absolute Gasteiger partial charge is 0.00475 e. The van der Waals surface area contributed by atoms with Crippen LogP contribution in [0.2, 0.25) is 0 Å². The fraction of sp³-hybridized carbons (Fsp3) is 1.00. The summed E-state index contributed by atoms with van der Waals surface area (Å²) >= 11 is 0. The number of rotatable bonds is 1. The summed E-state index contributed by atoms with van der Waals surface area (Å²) in [4.78, 5) is 2.44. The second kappa shape index (κ2) is 10.9. The van der Waals surface area contributed by atoms with Gasteiger partial charge in [-0.1, -0.05) is 67.2 Å². The van der Waals surface area contributed by atoms with Crippen molar-refractivity contribution in [3.63, 3.8) is 0 Å². The van der Waals surface area contributed by atoms with Crippen LogP contribution in [0.25, 0.3) is 0 Å². The van der Waals surface area contributed by atoms with Crippen molar-refractivity contribution < 1.29 is 0 Å². The Bertz CT molecular complexity index is 334. The van der Waals surface area contributed by atoms with Gasteiger partial charge in [0.1, 0.15) is 0 Å². The monoisotopic (exact) mass is 352 g/mol. The van der Waals surface area contributed by atoms with E-state index in [1.165, 1.54) is 77.5 Å². The summed E-state index contributed by atoms with van der Waals surface area (Å²) in [5.41, 5.74) is 1.56. The van der Waals surface area contributed by atoms with Gasteiger partial charge in [0.05, 0.1) is 0 Å². The molecule has 0 amide bonds. The van der Waals surface area contributed by atoms with Gasteiger partial charge in [0.2, 0.25) is 0 Å². The first-order valence-electron chi connectivity index (χ1n) is 11.3. The molecule has 25 heavy (non-hydrogen) atoms. The first kappa shape index (κ1) is 23.0. The molecule has 0 radical (unpaired) electrons. The highest BCUT2D eigenvalue weighted by atomic mass is 15.2. The summed E-state index contributed by atoms with van der Waals surface area (Å²) in [5, 5.41) is 3.36. The Labute approximate surface area is 159 Å². The molecule has 0 aromatic carbocycles. The molecule has 2 spiro atoms. The van der Waals surface area contributed by atoms with Crippen molar-refractivity contribution in [2.24, 2.45) is 22.7 Å². The zero-order valence-electron chi connectivity index (χ0n) is 18.6. The van der Waals surface area contributed by atoms with Crippen LogP contribution in [0.4, 0.5) is 0 Å². The third-order valence-corrected chi connectivity index (χ3v) is 6.61. The van der Waals surface area contributed by atoms with Gasteiger partial charge in [-0.05, 0) is 55.4 Å². The number of unbranched alkanes of at least 4 members (excludes halogenated alkanes) is 1. The predicted octanol–water partition coefficient (Wildman–Crippen LogP) is 5.97. The van der Waals surface area contributed by atoms with E-state index in [1.54, 1.807) is 0 Å². The fourth-order valence-electron chi connectivity index (χ4n) is 5.18. The van der Waals surface area contributed by atoms with Gasteiger partial charge < -0.3 is 10.2 Å². The molecule has 1 unspecified atom stereocenters. The van der Waals surface area contributed by atoms with Crippen molar-refractivity contribution >= 4 is 0 Å². The second-order valence-electron chi connectivity index (χ2n) is 9.47. The maximum Gasteiger partial charge on any atom is 0.00475 e. The Kier molecular flexibility index (Phi) is 10.0. The highest BCUT2D eigenvalue weighted by molar-refractivity contribution is 4.98. The first-order valence-corrected chi connectivity index (χ1v) is 11.3. The van der Waals surface area contributed by atoms with E-state index in [0.29, 0.717) is 0 Å². The van der Waals surface area contributed by atoms with Crippen LogP contribution in [-0.2, 0) is 0 Å². The summed E-state index contributed by atoms with van der Waals surface area (Å²) in [6, 6.07) is 0. The highest BCUT2D eigenvalue weighted by Crippen LogP contribution is 2.47. The van der Waals surface area contributed by atoms with Crippen molar-refractivity contribution in [2.75, 3.05) is 33.2 Å². The van der Waals surface area contributed by atoms with Crippen LogP contribution < -0.4 is 5.32 Å². The normalized spacial score (nSPS) is 30.8. The van der Waals surface area contributed by atoms with E-state index in [4.69, 9.17) is 0 Å². The van der Waals surface area contributed by atoms with E-state index < -0.39 is 0 Å². The van der Waals surface area contributed by atoms with E-state index in [2.05, 4.69) is 45.0 Å². The van der Waals surface area contributed by atoms with E-state index in [0.717, 1.165) is 22.7 Å². The van der Waals surface area contributed by atoms with Gasteiger partial charge in [0.15, 0.2) is 0 Å². The van der Waals surface area contributed by atoms with Crippen LogP contribution in [0.1, 0.15) is 92.9 Å². The lowest BCUT2D eigenvalue weighted by atomic mass is 9.78. The summed E-state index contributed by atoms with van der Waals surface area (Å²) in [7, 11) is 2.23. The molecule has 2 heteroatoms. The minimum Gasteiger partial charge on any atom is -0.316 e. The molecule has 4 fully saturated rings. The zero-order chi connectivity index (χ0) is 18.9. The van der Waals surface area contributed by atoms with Crippen LogP contribution in [-0.4, -0.2) is 38.1 Å². The van der Waals surface area contributed by atoms with Gasteiger partial charge in [-0.25, -0.2) is 0 Å². The summed E-state index contributed by atoms with van der Waals surface area (Å²) in [6.45, 7) is 18.5. The quantitative estimate of drug-likeness (QED) is 0.625. The maximum atomic E-state index is 3.36. The van der Waals surface area contributed by atoms with Crippen LogP contribution >= 0.6 is 0 Å². The van der Waals surface area contributed by atoms with Gasteiger partial charge in [-0.15, -0.1) is 0 Å². The Morgan fingerprint density at radius 3 is 1.48 bits per heavy atom. The van der Waals surface area contributed by atoms with Crippen LogP contribution in [0.3, 0.4) is 0 Å². The lowest BCUT2D eigenvalue weighted by Gasteiger charge is -2.46. The van der Waals surface area contributed by atoms with Crippen molar-refractivity contribution in [3.8, 4) is 0 Å². The second-order valence-corrected chi connectivity index (χ2v) is 9.47. The van der Waals surface area contributed by atoms with Gasteiger partial charge in [-0.2, -0.15) is 0 Å². The summed E-state index contributed by atoms with van der Waals surface area (Å²) in [5.74, 6) is 2.01. The Morgan fingerprint density at radius 2 is 1.28 bits per heavy atom. The average molecular weight is 353 g/mol. The molecule has 150 valence electrons. The molecule has 4 rings (SSSR count). The average Bonchev–Trinajstić information content (AvgIpc) is 3.13. The zero-order valence-corrected chi connectivity index (χ0v) is 18.6. The maximum absolute atomic E-state index is 3.36. The minimum atomic E-state index is 0.777. The Hall–Kier alpha value is -0.0800. The lowest BCUT2D eigenvalue weighted by molar-refractivity contribution is 0.0258. The topological polar surface area (TPSA) is 15.3 Å². The molecule has 2 saturated carbocycles. The van der Waals surface area contributed by atoms with Crippen molar-refractivity contribution in [3.05, 3.63) is 0 Å². The number of hydrogen-bond donors (Lipinski definition) is 1. The van der Waals surface area contributed by atoms with Gasteiger partial charge in [-0.3, -0.25) is 0 Å². The summed E-state index contributed by atoms with van der Waals surface area (Å²) in [6.07, 6.45) is 11.6. The Morgan fingerprint density at radius 1 is 0.840 bits per heavy atom. The number of likely N-dealkylation sites (tertiary alicyclic amines) is 1. The molecule has 2 heterocycles. The van der Waals surface area contributed by atoms with Gasteiger partial charge >= 0.3 is 0 Å². The molecule has 0 aromatic heterocycles. The first-order chi connectivity index (χ1) is 11.9.